The van der Waals surface area contributed by atoms with E-state index in [0.29, 0.717) is 41.8 Å². The average Bonchev–Trinajstić information content (AvgIpc) is 3.22. The Labute approximate surface area is 201 Å². The number of methoxy groups -OCH3 is 2. The molecule has 0 bridgehead atoms. The van der Waals surface area contributed by atoms with Crippen LogP contribution in [0.25, 0.3) is 0 Å². The van der Waals surface area contributed by atoms with Gasteiger partial charge in [0.1, 0.15) is 28.8 Å². The lowest BCUT2D eigenvalue weighted by molar-refractivity contribution is 0.0344. The van der Waals surface area contributed by atoms with Crippen molar-refractivity contribution in [2.75, 3.05) is 44.6 Å². The summed E-state index contributed by atoms with van der Waals surface area (Å²) in [5.74, 6) is 0.102. The number of carbonyl (C=O) groups excluding carboxylic acids is 1. The number of amides is 2. The Bertz CT molecular complexity index is 1040. The van der Waals surface area contributed by atoms with Crippen molar-refractivity contribution in [2.24, 2.45) is 0 Å². The molecule has 1 aromatic heterocycles. The van der Waals surface area contributed by atoms with Gasteiger partial charge in [0.05, 0.1) is 38.6 Å². The number of aromatic carboxylic acids is 1. The summed E-state index contributed by atoms with van der Waals surface area (Å²) in [7, 11) is 3.06. The fourth-order valence-corrected chi connectivity index (χ4v) is 5.44. The molecular weight excluding hydrogens is 462 g/mol. The first kappa shape index (κ1) is 24.1. The molecule has 4 rings (SSSR count). The molecule has 1 saturated heterocycles. The van der Waals surface area contributed by atoms with Crippen LogP contribution in [0.1, 0.15) is 46.2 Å². The number of ether oxygens (including phenoxy) is 4. The largest absolute Gasteiger partial charge is 0.497 e. The highest BCUT2D eigenvalue weighted by molar-refractivity contribution is 7.16. The quantitative estimate of drug-likeness (QED) is 0.439. The second-order valence-electron chi connectivity index (χ2n) is 7.96. The number of benzene rings is 1. The molecule has 2 amide bonds. The summed E-state index contributed by atoms with van der Waals surface area (Å²) in [5, 5.41) is 19.3. The zero-order chi connectivity index (χ0) is 24.1. The standard InChI is InChI=1S/C23H29N3O7S/c1-30-13-6-7-15(16(11-13)31-2)25-23(29)24-12-17-20-14(8-10-32-17)19(22(27)28)21(34-20)26-18-5-3-4-9-33-18/h6-7,11,17-18,26H,3-5,8-10,12H2,1-2H3,(H,27,28)(H2,24,25,29). The first-order chi connectivity index (χ1) is 16.5. The lowest BCUT2D eigenvalue weighted by Gasteiger charge is -2.24. The van der Waals surface area contributed by atoms with Crippen LogP contribution in [0.15, 0.2) is 18.2 Å². The molecule has 2 unspecified atom stereocenters. The minimum Gasteiger partial charge on any atom is -0.497 e. The molecule has 0 spiro atoms. The molecule has 2 aliphatic heterocycles. The van der Waals surface area contributed by atoms with Crippen molar-refractivity contribution in [3.63, 3.8) is 0 Å². The zero-order valence-electron chi connectivity index (χ0n) is 19.1. The molecule has 10 nitrogen and oxygen atoms in total. The summed E-state index contributed by atoms with van der Waals surface area (Å²) in [6.45, 7) is 1.23. The van der Waals surface area contributed by atoms with E-state index in [1.54, 1.807) is 25.3 Å². The van der Waals surface area contributed by atoms with Gasteiger partial charge in [-0.25, -0.2) is 9.59 Å². The van der Waals surface area contributed by atoms with Gasteiger partial charge in [-0.05, 0) is 43.4 Å². The van der Waals surface area contributed by atoms with E-state index in [1.807, 2.05) is 0 Å². The summed E-state index contributed by atoms with van der Waals surface area (Å²) in [6.07, 6.45) is 2.74. The Morgan fingerprint density at radius 3 is 2.74 bits per heavy atom. The van der Waals surface area contributed by atoms with E-state index < -0.39 is 18.1 Å². The highest BCUT2D eigenvalue weighted by Gasteiger charge is 2.32. The fraction of sp³-hybridized carbons (Fsp3) is 0.478. The number of carboxylic acids is 1. The van der Waals surface area contributed by atoms with Gasteiger partial charge in [0.2, 0.25) is 0 Å². The Morgan fingerprint density at radius 2 is 2.03 bits per heavy atom. The number of anilines is 2. The van der Waals surface area contributed by atoms with E-state index in [9.17, 15) is 14.7 Å². The topological polar surface area (TPSA) is 127 Å². The molecule has 2 aliphatic rings. The highest BCUT2D eigenvalue weighted by Crippen LogP contribution is 2.42. The third-order valence-electron chi connectivity index (χ3n) is 5.79. The van der Waals surface area contributed by atoms with E-state index in [1.165, 1.54) is 18.4 Å². The van der Waals surface area contributed by atoms with E-state index >= 15 is 0 Å². The van der Waals surface area contributed by atoms with Crippen molar-refractivity contribution in [2.45, 2.75) is 38.0 Å². The second-order valence-corrected chi connectivity index (χ2v) is 9.02. The van der Waals surface area contributed by atoms with Crippen LogP contribution in [0, 0.1) is 0 Å². The summed E-state index contributed by atoms with van der Waals surface area (Å²) in [5.41, 5.74) is 1.52. The first-order valence-electron chi connectivity index (χ1n) is 11.2. The summed E-state index contributed by atoms with van der Waals surface area (Å²) in [4.78, 5) is 25.4. The third-order valence-corrected chi connectivity index (χ3v) is 7.05. The Balaban J connectivity index is 1.45. The predicted octanol–water partition coefficient (Wildman–Crippen LogP) is 3.84. The molecule has 184 valence electrons. The van der Waals surface area contributed by atoms with E-state index in [-0.39, 0.29) is 18.3 Å². The van der Waals surface area contributed by atoms with Crippen LogP contribution in [-0.2, 0) is 15.9 Å². The summed E-state index contributed by atoms with van der Waals surface area (Å²) >= 11 is 1.36. The van der Waals surface area contributed by atoms with Gasteiger partial charge in [-0.2, -0.15) is 0 Å². The predicted molar refractivity (Wildman–Crippen MR) is 127 cm³/mol. The number of hydrogen-bond acceptors (Lipinski definition) is 8. The molecule has 3 heterocycles. The smallest absolute Gasteiger partial charge is 0.338 e. The summed E-state index contributed by atoms with van der Waals surface area (Å²) in [6, 6.07) is 4.66. The van der Waals surface area contributed by atoms with Gasteiger partial charge < -0.3 is 40.0 Å². The maximum absolute atomic E-state index is 12.5. The van der Waals surface area contributed by atoms with Crippen molar-refractivity contribution in [3.05, 3.63) is 34.2 Å². The zero-order valence-corrected chi connectivity index (χ0v) is 20.0. The molecule has 1 aromatic carbocycles. The first-order valence-corrected chi connectivity index (χ1v) is 12.0. The maximum Gasteiger partial charge on any atom is 0.338 e. The lowest BCUT2D eigenvalue weighted by Crippen LogP contribution is -2.34. The van der Waals surface area contributed by atoms with Crippen molar-refractivity contribution < 1.29 is 33.6 Å². The van der Waals surface area contributed by atoms with Gasteiger partial charge in [0.25, 0.3) is 0 Å². The number of hydrogen-bond donors (Lipinski definition) is 4. The number of rotatable bonds is 8. The molecular formula is C23H29N3O7S. The van der Waals surface area contributed by atoms with Gasteiger partial charge in [-0.15, -0.1) is 11.3 Å². The lowest BCUT2D eigenvalue weighted by atomic mass is 10.0. The highest BCUT2D eigenvalue weighted by atomic mass is 32.1. The van der Waals surface area contributed by atoms with Gasteiger partial charge >= 0.3 is 12.0 Å². The SMILES string of the molecule is COc1ccc(NC(=O)NCC2OCCc3c2sc(NC2CCCCO2)c3C(=O)O)c(OC)c1. The van der Waals surface area contributed by atoms with Crippen LogP contribution < -0.4 is 25.4 Å². The van der Waals surface area contributed by atoms with Crippen LogP contribution in [0.5, 0.6) is 11.5 Å². The molecule has 0 aliphatic carbocycles. The molecule has 0 saturated carbocycles. The van der Waals surface area contributed by atoms with Crippen LogP contribution in [0.4, 0.5) is 15.5 Å². The molecule has 4 N–H and O–H groups in total. The fourth-order valence-electron chi connectivity index (χ4n) is 4.10. The van der Waals surface area contributed by atoms with Gasteiger partial charge in [-0.3, -0.25) is 0 Å². The number of carbonyl (C=O) groups is 2. The van der Waals surface area contributed by atoms with Crippen LogP contribution in [0.2, 0.25) is 0 Å². The van der Waals surface area contributed by atoms with Crippen LogP contribution >= 0.6 is 11.3 Å². The molecule has 2 aromatic rings. The minimum atomic E-state index is -0.978. The second kappa shape index (κ2) is 10.9. The third kappa shape index (κ3) is 5.37. The maximum atomic E-state index is 12.5. The number of nitrogens with one attached hydrogen (secondary N) is 3. The van der Waals surface area contributed by atoms with Crippen molar-refractivity contribution in [3.8, 4) is 11.5 Å². The average molecular weight is 492 g/mol. The Kier molecular flexibility index (Phi) is 7.76. The minimum absolute atomic E-state index is 0.191. The number of carboxylic acid groups (broad SMARTS) is 1. The number of urea groups is 1. The van der Waals surface area contributed by atoms with Crippen molar-refractivity contribution >= 4 is 34.0 Å². The number of thiophene rings is 1. The monoisotopic (exact) mass is 491 g/mol. The van der Waals surface area contributed by atoms with Crippen LogP contribution in [-0.4, -0.2) is 57.3 Å². The molecule has 1 fully saturated rings. The molecule has 11 heteroatoms. The van der Waals surface area contributed by atoms with Crippen LogP contribution in [0.3, 0.4) is 0 Å². The van der Waals surface area contributed by atoms with Gasteiger partial charge in [0.15, 0.2) is 0 Å². The Morgan fingerprint density at radius 1 is 1.18 bits per heavy atom. The summed E-state index contributed by atoms with van der Waals surface area (Å²) < 4.78 is 22.1. The Hall–Kier alpha value is -3.02. The molecule has 2 atom stereocenters. The van der Waals surface area contributed by atoms with Crippen molar-refractivity contribution in [1.29, 1.82) is 0 Å². The van der Waals surface area contributed by atoms with Gasteiger partial charge in [0, 0.05) is 17.6 Å². The van der Waals surface area contributed by atoms with E-state index in [4.69, 9.17) is 18.9 Å². The normalized spacial score (nSPS) is 19.6. The number of fused-ring (bicyclic) bond motifs is 1. The molecule has 0 radical (unpaired) electrons. The van der Waals surface area contributed by atoms with E-state index in [0.717, 1.165) is 29.7 Å². The van der Waals surface area contributed by atoms with Gasteiger partial charge in [-0.1, -0.05) is 0 Å². The molecule has 34 heavy (non-hydrogen) atoms. The van der Waals surface area contributed by atoms with Crippen molar-refractivity contribution in [1.82, 2.24) is 5.32 Å². The van der Waals surface area contributed by atoms with E-state index in [2.05, 4.69) is 16.0 Å².